The van der Waals surface area contributed by atoms with Crippen LogP contribution in [0.3, 0.4) is 0 Å². The van der Waals surface area contributed by atoms with E-state index in [1.807, 2.05) is 30.1 Å². The number of ether oxygens (including phenoxy) is 1. The third-order valence-electron chi connectivity index (χ3n) is 4.67. The Balaban J connectivity index is 1.64. The van der Waals surface area contributed by atoms with E-state index in [9.17, 15) is 9.59 Å². The molecule has 3 rings (SSSR count). The van der Waals surface area contributed by atoms with Gasteiger partial charge < -0.3 is 14.5 Å². The Morgan fingerprint density at radius 2 is 1.57 bits per heavy atom. The summed E-state index contributed by atoms with van der Waals surface area (Å²) in [5.74, 6) is 1.52. The van der Waals surface area contributed by atoms with E-state index in [1.54, 1.807) is 54.5 Å². The second-order valence-corrected chi connectivity index (χ2v) is 6.90. The average Bonchev–Trinajstić information content (AvgIpc) is 2.78. The number of anilines is 1. The largest absolute Gasteiger partial charge is 0.437 e. The molecule has 0 fully saturated rings. The number of nitrogens with zero attached hydrogens (tertiary/aromatic N) is 4. The number of aromatic nitrogens is 2. The minimum Gasteiger partial charge on any atom is -0.437 e. The molecule has 0 aliphatic rings. The van der Waals surface area contributed by atoms with Crippen molar-refractivity contribution >= 4 is 17.5 Å². The van der Waals surface area contributed by atoms with Gasteiger partial charge in [0.2, 0.25) is 11.8 Å². The van der Waals surface area contributed by atoms with Gasteiger partial charge in [0.15, 0.2) is 11.6 Å². The molecule has 30 heavy (non-hydrogen) atoms. The summed E-state index contributed by atoms with van der Waals surface area (Å²) in [5.41, 5.74) is 1.23. The van der Waals surface area contributed by atoms with Gasteiger partial charge in [0, 0.05) is 45.2 Å². The van der Waals surface area contributed by atoms with Crippen molar-refractivity contribution in [1.29, 1.82) is 0 Å². The first-order valence-corrected chi connectivity index (χ1v) is 9.56. The van der Waals surface area contributed by atoms with Crippen molar-refractivity contribution in [3.8, 4) is 11.6 Å². The van der Waals surface area contributed by atoms with Crippen LogP contribution in [0.4, 0.5) is 5.82 Å². The predicted octanol–water partition coefficient (Wildman–Crippen LogP) is 3.41. The number of ketones is 1. The molecule has 0 atom stereocenters. The number of rotatable bonds is 8. The zero-order valence-electron chi connectivity index (χ0n) is 17.3. The minimum atomic E-state index is -0.0407. The van der Waals surface area contributed by atoms with Gasteiger partial charge in [-0.2, -0.15) is 4.98 Å². The quantitative estimate of drug-likeness (QED) is 0.536. The molecule has 1 aromatic heterocycles. The van der Waals surface area contributed by atoms with E-state index in [2.05, 4.69) is 9.97 Å². The fraction of sp³-hybridized carbons (Fsp3) is 0.217. The predicted molar refractivity (Wildman–Crippen MR) is 115 cm³/mol. The zero-order chi connectivity index (χ0) is 21.5. The van der Waals surface area contributed by atoms with Gasteiger partial charge in [-0.15, -0.1) is 0 Å². The normalized spacial score (nSPS) is 10.4. The van der Waals surface area contributed by atoms with Crippen molar-refractivity contribution in [2.24, 2.45) is 0 Å². The lowest BCUT2D eigenvalue weighted by molar-refractivity contribution is -0.127. The van der Waals surface area contributed by atoms with E-state index >= 15 is 0 Å². The lowest BCUT2D eigenvalue weighted by Crippen LogP contribution is -2.33. The maximum Gasteiger partial charge on any atom is 0.239 e. The Kier molecular flexibility index (Phi) is 6.75. The fourth-order valence-corrected chi connectivity index (χ4v) is 2.69. The first-order chi connectivity index (χ1) is 14.4. The molecule has 0 saturated carbocycles. The smallest absolute Gasteiger partial charge is 0.239 e. The van der Waals surface area contributed by atoms with Gasteiger partial charge in [-0.25, -0.2) is 0 Å². The van der Waals surface area contributed by atoms with E-state index in [-0.39, 0.29) is 11.7 Å². The molecular formula is C23H24N4O3. The summed E-state index contributed by atoms with van der Waals surface area (Å²) in [6.45, 7) is 2.73. The molecule has 3 aromatic rings. The van der Waals surface area contributed by atoms with Crippen molar-refractivity contribution in [3.05, 3.63) is 78.1 Å². The van der Waals surface area contributed by atoms with E-state index in [4.69, 9.17) is 4.74 Å². The highest BCUT2D eigenvalue weighted by atomic mass is 16.5. The van der Waals surface area contributed by atoms with E-state index in [0.717, 1.165) is 0 Å². The molecule has 0 unspecified atom stereocenters. The van der Waals surface area contributed by atoms with Crippen LogP contribution >= 0.6 is 0 Å². The molecule has 0 aliphatic carbocycles. The molecule has 1 amide bonds. The van der Waals surface area contributed by atoms with Gasteiger partial charge in [-0.05, 0) is 24.3 Å². The molecule has 0 spiro atoms. The first kappa shape index (κ1) is 21.0. The Morgan fingerprint density at radius 1 is 0.900 bits per heavy atom. The molecule has 7 heteroatoms. The SMILES string of the molecule is CC(=O)N(C)CCN(C)c1cncc(Oc2ccc(C(=O)c3ccccc3)cc2)n1. The Bertz CT molecular complexity index is 1010. The summed E-state index contributed by atoms with van der Waals surface area (Å²) in [6.07, 6.45) is 3.17. The van der Waals surface area contributed by atoms with Crippen LogP contribution in [0.5, 0.6) is 11.6 Å². The third-order valence-corrected chi connectivity index (χ3v) is 4.67. The van der Waals surface area contributed by atoms with Gasteiger partial charge >= 0.3 is 0 Å². The van der Waals surface area contributed by atoms with Crippen LogP contribution in [-0.4, -0.2) is 53.7 Å². The highest BCUT2D eigenvalue weighted by Gasteiger charge is 2.11. The third kappa shape index (κ3) is 5.41. The number of amides is 1. The second kappa shape index (κ2) is 9.65. The van der Waals surface area contributed by atoms with E-state index < -0.39 is 0 Å². The van der Waals surface area contributed by atoms with Gasteiger partial charge in [0.25, 0.3) is 0 Å². The molecule has 7 nitrogen and oxygen atoms in total. The van der Waals surface area contributed by atoms with Crippen LogP contribution in [0.2, 0.25) is 0 Å². The zero-order valence-corrected chi connectivity index (χ0v) is 17.3. The van der Waals surface area contributed by atoms with Crippen molar-refractivity contribution in [3.63, 3.8) is 0 Å². The number of hydrogen-bond acceptors (Lipinski definition) is 6. The summed E-state index contributed by atoms with van der Waals surface area (Å²) in [5, 5.41) is 0. The second-order valence-electron chi connectivity index (χ2n) is 6.90. The number of carbonyl (C=O) groups excluding carboxylic acids is 2. The molecule has 0 aliphatic heterocycles. The number of carbonyl (C=O) groups is 2. The molecular weight excluding hydrogens is 380 g/mol. The maximum absolute atomic E-state index is 12.5. The van der Waals surface area contributed by atoms with Crippen molar-refractivity contribution < 1.29 is 14.3 Å². The summed E-state index contributed by atoms with van der Waals surface area (Å²) in [4.78, 5) is 36.0. The molecule has 0 saturated heterocycles. The Hall–Kier alpha value is -3.74. The number of hydrogen-bond donors (Lipinski definition) is 0. The lowest BCUT2D eigenvalue weighted by Gasteiger charge is -2.22. The summed E-state index contributed by atoms with van der Waals surface area (Å²) < 4.78 is 5.80. The number of benzene rings is 2. The van der Waals surface area contributed by atoms with E-state index in [0.29, 0.717) is 41.7 Å². The van der Waals surface area contributed by atoms with Crippen LogP contribution < -0.4 is 9.64 Å². The fourth-order valence-electron chi connectivity index (χ4n) is 2.69. The van der Waals surface area contributed by atoms with E-state index in [1.165, 1.54) is 13.1 Å². The number of likely N-dealkylation sites (N-methyl/N-ethyl adjacent to an activating group) is 2. The molecule has 0 radical (unpaired) electrons. The van der Waals surface area contributed by atoms with Crippen molar-refractivity contribution in [2.45, 2.75) is 6.92 Å². The van der Waals surface area contributed by atoms with Crippen molar-refractivity contribution in [2.75, 3.05) is 32.1 Å². The van der Waals surface area contributed by atoms with Crippen molar-refractivity contribution in [1.82, 2.24) is 14.9 Å². The van der Waals surface area contributed by atoms with Gasteiger partial charge in [0.1, 0.15) is 5.75 Å². The molecule has 1 heterocycles. The van der Waals surface area contributed by atoms with Gasteiger partial charge in [0.05, 0.1) is 12.4 Å². The molecule has 154 valence electrons. The monoisotopic (exact) mass is 404 g/mol. The van der Waals surface area contributed by atoms with Crippen LogP contribution in [0.25, 0.3) is 0 Å². The molecule has 2 aromatic carbocycles. The standard InChI is InChI=1S/C23H24N4O3/c1-17(28)26(2)13-14-27(3)21-15-24-16-22(25-21)30-20-11-9-19(10-12-20)23(29)18-7-5-4-6-8-18/h4-12,15-16H,13-14H2,1-3H3. The van der Waals surface area contributed by atoms with Crippen LogP contribution in [-0.2, 0) is 4.79 Å². The van der Waals surface area contributed by atoms with Gasteiger partial charge in [-0.1, -0.05) is 30.3 Å². The highest BCUT2D eigenvalue weighted by molar-refractivity contribution is 6.08. The maximum atomic E-state index is 12.5. The Morgan fingerprint density at radius 3 is 2.23 bits per heavy atom. The highest BCUT2D eigenvalue weighted by Crippen LogP contribution is 2.22. The summed E-state index contributed by atoms with van der Waals surface area (Å²) >= 11 is 0. The topological polar surface area (TPSA) is 75.6 Å². The van der Waals surface area contributed by atoms with Crippen LogP contribution in [0.15, 0.2) is 67.0 Å². The van der Waals surface area contributed by atoms with Crippen LogP contribution in [0, 0.1) is 0 Å². The van der Waals surface area contributed by atoms with Gasteiger partial charge in [-0.3, -0.25) is 14.6 Å². The molecule has 0 bridgehead atoms. The Labute approximate surface area is 175 Å². The average molecular weight is 404 g/mol. The lowest BCUT2D eigenvalue weighted by atomic mass is 10.0. The summed E-state index contributed by atoms with van der Waals surface area (Å²) in [6, 6.07) is 16.1. The first-order valence-electron chi connectivity index (χ1n) is 9.56. The van der Waals surface area contributed by atoms with Crippen LogP contribution in [0.1, 0.15) is 22.8 Å². The minimum absolute atomic E-state index is 0.0146. The summed E-state index contributed by atoms with van der Waals surface area (Å²) in [7, 11) is 3.64. The molecule has 0 N–H and O–H groups in total.